The zero-order valence-electron chi connectivity index (χ0n) is 18.4. The van der Waals surface area contributed by atoms with E-state index in [1.54, 1.807) is 4.98 Å². The summed E-state index contributed by atoms with van der Waals surface area (Å²) in [6, 6.07) is 0. The Kier molecular flexibility index (Phi) is 8.60. The van der Waals surface area contributed by atoms with Gasteiger partial charge in [0, 0.05) is 27.7 Å². The third-order valence-electron chi connectivity index (χ3n) is 4.29. The first-order chi connectivity index (χ1) is 15.9. The van der Waals surface area contributed by atoms with Crippen LogP contribution >= 0.6 is 0 Å². The van der Waals surface area contributed by atoms with Gasteiger partial charge in [0.05, 0.1) is 0 Å². The number of aromatic amines is 2. The van der Waals surface area contributed by atoms with E-state index < -0.39 is 83.9 Å². The smallest absolute Gasteiger partial charge is 0.327 e. The molecular formula is C18H22N4O12. The molecule has 5 atom stereocenters. The number of ether oxygens (including phenoxy) is 5. The number of anilines is 1. The van der Waals surface area contributed by atoms with Crippen LogP contribution in [0.2, 0.25) is 0 Å². The summed E-state index contributed by atoms with van der Waals surface area (Å²) in [5.74, 6) is -3.77. The monoisotopic (exact) mass is 486 g/mol. The van der Waals surface area contributed by atoms with Crippen LogP contribution in [0.15, 0.2) is 14.8 Å². The Morgan fingerprint density at radius 3 is 1.97 bits per heavy atom. The van der Waals surface area contributed by atoms with Crippen LogP contribution in [0, 0.1) is 4.91 Å². The summed E-state index contributed by atoms with van der Waals surface area (Å²) < 4.78 is 26.4. The number of hydrogen-bond acceptors (Lipinski definition) is 14. The van der Waals surface area contributed by atoms with Crippen LogP contribution in [0.3, 0.4) is 0 Å². The summed E-state index contributed by atoms with van der Waals surface area (Å²) in [6.07, 6.45) is -7.27. The van der Waals surface area contributed by atoms with Crippen LogP contribution in [-0.2, 0) is 42.9 Å². The Bertz CT molecular complexity index is 1080. The number of rotatable bonds is 8. The molecule has 0 radical (unpaired) electrons. The van der Waals surface area contributed by atoms with E-state index in [0.717, 1.165) is 27.7 Å². The molecule has 1 fully saturated rings. The number of carbonyl (C=O) groups is 4. The molecule has 2 heterocycles. The van der Waals surface area contributed by atoms with Gasteiger partial charge < -0.3 is 29.0 Å². The fourth-order valence-electron chi connectivity index (χ4n) is 3.16. The van der Waals surface area contributed by atoms with Gasteiger partial charge in [-0.25, -0.2) is 4.79 Å². The molecule has 0 bridgehead atoms. The van der Waals surface area contributed by atoms with Crippen LogP contribution in [0.5, 0.6) is 0 Å². The third kappa shape index (κ3) is 6.71. The highest BCUT2D eigenvalue weighted by Crippen LogP contribution is 2.30. The molecule has 1 aliphatic heterocycles. The highest BCUT2D eigenvalue weighted by Gasteiger charge is 2.52. The lowest BCUT2D eigenvalue weighted by Gasteiger charge is -2.44. The van der Waals surface area contributed by atoms with Crippen LogP contribution in [0.1, 0.15) is 27.7 Å². The maximum atomic E-state index is 11.9. The molecule has 34 heavy (non-hydrogen) atoms. The number of carbonyl (C=O) groups excluding carboxylic acids is 4. The Morgan fingerprint density at radius 2 is 1.44 bits per heavy atom. The average molecular weight is 486 g/mol. The number of esters is 4. The Labute approximate surface area is 190 Å². The molecule has 0 unspecified atom stereocenters. The molecule has 1 aromatic rings. The first-order valence-electron chi connectivity index (χ1n) is 9.69. The van der Waals surface area contributed by atoms with E-state index in [1.807, 2.05) is 0 Å². The SMILES string of the molecule is CC(=O)OC[C@H]1O[C@@H](Nc2[nH]c(=O)[nH]c(=O)c2N=O)[C@@H](OC(C)=O)[C@@H](OC(C)=O)[C@@H]1OC(C)=O. The van der Waals surface area contributed by atoms with Gasteiger partial charge in [-0.2, -0.15) is 0 Å². The van der Waals surface area contributed by atoms with Gasteiger partial charge in [-0.05, 0) is 5.18 Å². The second-order valence-electron chi connectivity index (χ2n) is 6.99. The molecule has 16 nitrogen and oxygen atoms in total. The minimum Gasteiger partial charge on any atom is -0.463 e. The summed E-state index contributed by atoms with van der Waals surface area (Å²) in [7, 11) is 0. The third-order valence-corrected chi connectivity index (χ3v) is 4.29. The molecule has 0 saturated carbocycles. The van der Waals surface area contributed by atoms with E-state index in [9.17, 15) is 33.7 Å². The fraction of sp³-hybridized carbons (Fsp3) is 0.556. The number of nitrogens with zero attached hydrogens (tertiary/aromatic N) is 1. The molecule has 2 rings (SSSR count). The molecule has 0 spiro atoms. The second-order valence-corrected chi connectivity index (χ2v) is 6.99. The van der Waals surface area contributed by atoms with Gasteiger partial charge in [-0.3, -0.25) is 33.9 Å². The summed E-state index contributed by atoms with van der Waals surface area (Å²) >= 11 is 0. The lowest BCUT2D eigenvalue weighted by molar-refractivity contribution is -0.247. The van der Waals surface area contributed by atoms with Crippen molar-refractivity contribution in [2.45, 2.75) is 58.3 Å². The van der Waals surface area contributed by atoms with Crippen molar-refractivity contribution in [1.29, 1.82) is 0 Å². The van der Waals surface area contributed by atoms with Gasteiger partial charge in [-0.1, -0.05) is 0 Å². The van der Waals surface area contributed by atoms with E-state index >= 15 is 0 Å². The van der Waals surface area contributed by atoms with Crippen LogP contribution < -0.4 is 16.6 Å². The summed E-state index contributed by atoms with van der Waals surface area (Å²) in [6.45, 7) is 3.73. The molecular weight excluding hydrogens is 464 g/mol. The van der Waals surface area contributed by atoms with Crippen LogP contribution in [0.25, 0.3) is 0 Å². The fourth-order valence-corrected chi connectivity index (χ4v) is 3.16. The van der Waals surface area contributed by atoms with Crippen LogP contribution in [0.4, 0.5) is 11.5 Å². The zero-order valence-corrected chi connectivity index (χ0v) is 18.4. The van der Waals surface area contributed by atoms with Crippen molar-refractivity contribution in [3.05, 3.63) is 25.7 Å². The average Bonchev–Trinajstić information content (AvgIpc) is 2.69. The van der Waals surface area contributed by atoms with Crippen LogP contribution in [-0.4, -0.2) is 71.1 Å². The van der Waals surface area contributed by atoms with E-state index in [1.165, 1.54) is 0 Å². The van der Waals surface area contributed by atoms with Gasteiger partial charge >= 0.3 is 29.6 Å². The topological polar surface area (TPSA) is 222 Å². The van der Waals surface area contributed by atoms with Crippen molar-refractivity contribution in [2.24, 2.45) is 5.18 Å². The molecule has 3 N–H and O–H groups in total. The van der Waals surface area contributed by atoms with Gasteiger partial charge in [0.1, 0.15) is 18.5 Å². The number of aromatic nitrogens is 2. The molecule has 0 aromatic carbocycles. The zero-order chi connectivity index (χ0) is 25.6. The Morgan fingerprint density at radius 1 is 0.882 bits per heavy atom. The Hall–Kier alpha value is -4.08. The van der Waals surface area contributed by atoms with Crippen molar-refractivity contribution in [3.8, 4) is 0 Å². The molecule has 1 saturated heterocycles. The number of nitrogens with one attached hydrogen (secondary N) is 3. The Balaban J connectivity index is 2.58. The lowest BCUT2D eigenvalue weighted by atomic mass is 9.97. The number of nitroso groups, excluding NO2 is 1. The maximum absolute atomic E-state index is 11.9. The first kappa shape index (κ1) is 26.2. The second kappa shape index (κ2) is 11.2. The maximum Gasteiger partial charge on any atom is 0.327 e. The quantitative estimate of drug-likeness (QED) is 0.227. The van der Waals surface area contributed by atoms with Gasteiger partial charge in [0.25, 0.3) is 5.56 Å². The van der Waals surface area contributed by atoms with Crippen molar-refractivity contribution in [3.63, 3.8) is 0 Å². The van der Waals surface area contributed by atoms with Gasteiger partial charge in [0.2, 0.25) is 5.69 Å². The van der Waals surface area contributed by atoms with E-state index in [-0.39, 0.29) is 0 Å². The first-order valence-corrected chi connectivity index (χ1v) is 9.69. The standard InChI is InChI=1S/C18H22N4O12/c1-6(23)30-5-10-12(31-7(2)24)13(32-8(3)25)14(33-9(4)26)17(34-10)19-15-11(22-29)16(27)21-18(28)20-15/h10,12-14,17H,5H2,1-4H3,(H3,19,20,21,27,28)/t10-,12-,13+,14+,17-/m1/s1. The van der Waals surface area contributed by atoms with E-state index in [2.05, 4.69) is 15.5 Å². The summed E-state index contributed by atoms with van der Waals surface area (Å²) in [5, 5.41) is 5.04. The highest BCUT2D eigenvalue weighted by molar-refractivity contribution is 5.69. The van der Waals surface area contributed by atoms with Crippen molar-refractivity contribution >= 4 is 35.4 Å². The van der Waals surface area contributed by atoms with Crippen molar-refractivity contribution in [2.75, 3.05) is 11.9 Å². The largest absolute Gasteiger partial charge is 0.463 e. The number of H-pyrrole nitrogens is 2. The minimum absolute atomic E-state index is 0.499. The molecule has 186 valence electrons. The molecule has 0 amide bonds. The molecule has 1 aliphatic rings. The lowest BCUT2D eigenvalue weighted by Crippen LogP contribution is -2.64. The van der Waals surface area contributed by atoms with Crippen molar-refractivity contribution < 1.29 is 42.9 Å². The van der Waals surface area contributed by atoms with Crippen molar-refractivity contribution in [1.82, 2.24) is 9.97 Å². The summed E-state index contributed by atoms with van der Waals surface area (Å²) in [4.78, 5) is 85.3. The minimum atomic E-state index is -1.54. The van der Waals surface area contributed by atoms with Gasteiger partial charge in [-0.15, -0.1) is 4.91 Å². The van der Waals surface area contributed by atoms with E-state index in [0.29, 0.717) is 0 Å². The molecule has 0 aliphatic carbocycles. The normalized spacial score (nSPS) is 23.8. The predicted octanol–water partition coefficient (Wildman–Crippen LogP) is -1.04. The van der Waals surface area contributed by atoms with Gasteiger partial charge in [0.15, 0.2) is 24.5 Å². The molecule has 16 heteroatoms. The highest BCUT2D eigenvalue weighted by atomic mass is 16.7. The van der Waals surface area contributed by atoms with E-state index in [4.69, 9.17) is 23.7 Å². The number of hydrogen-bond donors (Lipinski definition) is 3. The predicted molar refractivity (Wildman–Crippen MR) is 109 cm³/mol. The molecule has 1 aromatic heterocycles. The summed E-state index contributed by atoms with van der Waals surface area (Å²) in [5.41, 5.74) is -2.91.